The summed E-state index contributed by atoms with van der Waals surface area (Å²) in [6.07, 6.45) is 2.11. The number of nitrogens with two attached hydrogens (primary N) is 1. The molecule has 1 saturated carbocycles. The van der Waals surface area contributed by atoms with Gasteiger partial charge in [0, 0.05) is 13.1 Å². The largest absolute Gasteiger partial charge is 0.391 e. The number of aromatic amines is 1. The van der Waals surface area contributed by atoms with Crippen LogP contribution in [0.15, 0.2) is 9.59 Å². The molecule has 76 valence electrons. The summed E-state index contributed by atoms with van der Waals surface area (Å²) in [4.78, 5) is 24.5. The van der Waals surface area contributed by atoms with Crippen molar-refractivity contribution < 1.29 is 0 Å². The number of aromatic nitrogens is 2. The van der Waals surface area contributed by atoms with E-state index in [0.29, 0.717) is 11.9 Å². The molecule has 6 nitrogen and oxygen atoms in total. The van der Waals surface area contributed by atoms with Crippen molar-refractivity contribution >= 4 is 11.5 Å². The van der Waals surface area contributed by atoms with Gasteiger partial charge in [0.15, 0.2) is 0 Å². The van der Waals surface area contributed by atoms with E-state index < -0.39 is 11.2 Å². The van der Waals surface area contributed by atoms with Crippen molar-refractivity contribution in [2.24, 2.45) is 7.05 Å². The SMILES string of the molecule is Cn1c(NC2CC2)c(N)c(=O)[nH]c1=O. The quantitative estimate of drug-likeness (QED) is 0.579. The summed E-state index contributed by atoms with van der Waals surface area (Å²) >= 11 is 0. The molecule has 0 amide bonds. The lowest BCUT2D eigenvalue weighted by Crippen LogP contribution is -2.32. The summed E-state index contributed by atoms with van der Waals surface area (Å²) in [6.45, 7) is 0. The number of rotatable bonds is 2. The first-order valence-electron chi connectivity index (χ1n) is 4.45. The van der Waals surface area contributed by atoms with E-state index in [1.807, 2.05) is 0 Å². The maximum Gasteiger partial charge on any atom is 0.329 e. The van der Waals surface area contributed by atoms with Gasteiger partial charge in [0.25, 0.3) is 5.56 Å². The third-order valence-electron chi connectivity index (χ3n) is 2.28. The zero-order valence-electron chi connectivity index (χ0n) is 7.83. The van der Waals surface area contributed by atoms with E-state index in [4.69, 9.17) is 5.73 Å². The Balaban J connectivity index is 2.54. The molecule has 0 aromatic carbocycles. The normalized spacial score (nSPS) is 15.5. The van der Waals surface area contributed by atoms with Crippen LogP contribution < -0.4 is 22.3 Å². The number of nitrogens with zero attached hydrogens (tertiary/aromatic N) is 1. The van der Waals surface area contributed by atoms with Gasteiger partial charge in [0.2, 0.25) is 0 Å². The Labute approximate surface area is 79.7 Å². The van der Waals surface area contributed by atoms with Crippen LogP contribution in [-0.2, 0) is 7.05 Å². The second kappa shape index (κ2) is 2.90. The fourth-order valence-electron chi connectivity index (χ4n) is 1.23. The van der Waals surface area contributed by atoms with E-state index in [9.17, 15) is 9.59 Å². The summed E-state index contributed by atoms with van der Waals surface area (Å²) < 4.78 is 1.31. The number of H-pyrrole nitrogens is 1. The Morgan fingerprint density at radius 2 is 2.14 bits per heavy atom. The third-order valence-corrected chi connectivity index (χ3v) is 2.28. The second-order valence-corrected chi connectivity index (χ2v) is 3.50. The predicted molar refractivity (Wildman–Crippen MR) is 53.4 cm³/mol. The minimum Gasteiger partial charge on any atom is -0.391 e. The monoisotopic (exact) mass is 196 g/mol. The smallest absolute Gasteiger partial charge is 0.329 e. The fourth-order valence-corrected chi connectivity index (χ4v) is 1.23. The molecule has 6 heteroatoms. The third kappa shape index (κ3) is 1.39. The summed E-state index contributed by atoms with van der Waals surface area (Å²) in [5.74, 6) is 0.418. The van der Waals surface area contributed by atoms with Gasteiger partial charge in [-0.05, 0) is 12.8 Å². The highest BCUT2D eigenvalue weighted by Gasteiger charge is 2.23. The average molecular weight is 196 g/mol. The number of nitrogen functional groups attached to an aromatic ring is 1. The topological polar surface area (TPSA) is 92.9 Å². The van der Waals surface area contributed by atoms with Gasteiger partial charge in [0.05, 0.1) is 0 Å². The minimum atomic E-state index is -0.531. The summed E-state index contributed by atoms with van der Waals surface area (Å²) in [6, 6.07) is 0.352. The van der Waals surface area contributed by atoms with E-state index in [0.717, 1.165) is 12.8 Å². The zero-order valence-corrected chi connectivity index (χ0v) is 7.83. The van der Waals surface area contributed by atoms with Gasteiger partial charge in [0.1, 0.15) is 11.5 Å². The molecule has 0 spiro atoms. The molecule has 2 rings (SSSR count). The van der Waals surface area contributed by atoms with Crippen LogP contribution in [0.5, 0.6) is 0 Å². The molecule has 1 aliphatic rings. The second-order valence-electron chi connectivity index (χ2n) is 3.50. The van der Waals surface area contributed by atoms with Crippen molar-refractivity contribution in [1.29, 1.82) is 0 Å². The Hall–Kier alpha value is -1.72. The van der Waals surface area contributed by atoms with Crippen LogP contribution >= 0.6 is 0 Å². The van der Waals surface area contributed by atoms with E-state index in [-0.39, 0.29) is 5.69 Å². The van der Waals surface area contributed by atoms with Crippen molar-refractivity contribution in [2.45, 2.75) is 18.9 Å². The highest BCUT2D eigenvalue weighted by molar-refractivity contribution is 5.60. The lowest BCUT2D eigenvalue weighted by Gasteiger charge is -2.11. The van der Waals surface area contributed by atoms with Gasteiger partial charge in [-0.15, -0.1) is 0 Å². The standard InChI is InChI=1S/C8H12N4O2/c1-12-6(10-4-2-3-4)5(9)7(13)11-8(12)14/h4,10H,2-3,9H2,1H3,(H,11,13,14). The van der Waals surface area contributed by atoms with Crippen molar-refractivity contribution in [1.82, 2.24) is 9.55 Å². The first kappa shape index (κ1) is 8.86. The lowest BCUT2D eigenvalue weighted by molar-refractivity contribution is 0.802. The molecule has 1 aromatic heterocycles. The van der Waals surface area contributed by atoms with E-state index >= 15 is 0 Å². The van der Waals surface area contributed by atoms with Crippen LogP contribution in [0.2, 0.25) is 0 Å². The van der Waals surface area contributed by atoms with Gasteiger partial charge in [-0.1, -0.05) is 0 Å². The number of hydrogen-bond acceptors (Lipinski definition) is 4. The predicted octanol–water partition coefficient (Wildman–Crippen LogP) is -0.770. The van der Waals surface area contributed by atoms with Crippen LogP contribution in [0, 0.1) is 0 Å². The lowest BCUT2D eigenvalue weighted by atomic mass is 10.4. The molecule has 0 unspecified atom stereocenters. The van der Waals surface area contributed by atoms with Gasteiger partial charge in [-0.2, -0.15) is 0 Å². The van der Waals surface area contributed by atoms with E-state index in [2.05, 4.69) is 10.3 Å². The van der Waals surface area contributed by atoms with Gasteiger partial charge >= 0.3 is 5.69 Å². The molecular weight excluding hydrogens is 184 g/mol. The van der Waals surface area contributed by atoms with Crippen molar-refractivity contribution in [2.75, 3.05) is 11.1 Å². The molecule has 0 radical (unpaired) electrons. The Bertz CT molecular complexity index is 435. The van der Waals surface area contributed by atoms with E-state index in [1.54, 1.807) is 7.05 Å². The van der Waals surface area contributed by atoms with Crippen LogP contribution in [0.3, 0.4) is 0 Å². The van der Waals surface area contributed by atoms with Crippen LogP contribution in [0.1, 0.15) is 12.8 Å². The Morgan fingerprint density at radius 1 is 1.50 bits per heavy atom. The molecule has 0 atom stereocenters. The highest BCUT2D eigenvalue weighted by atomic mass is 16.2. The first-order chi connectivity index (χ1) is 6.59. The molecular formula is C8H12N4O2. The van der Waals surface area contributed by atoms with Crippen molar-refractivity contribution in [3.63, 3.8) is 0 Å². The number of anilines is 2. The molecule has 4 N–H and O–H groups in total. The zero-order chi connectivity index (χ0) is 10.3. The number of nitrogens with one attached hydrogen (secondary N) is 2. The van der Waals surface area contributed by atoms with Crippen LogP contribution in [-0.4, -0.2) is 15.6 Å². The summed E-state index contributed by atoms with van der Waals surface area (Å²) in [5.41, 5.74) is 4.65. The average Bonchev–Trinajstić information content (AvgIpc) is 2.93. The van der Waals surface area contributed by atoms with Crippen molar-refractivity contribution in [3.05, 3.63) is 20.8 Å². The maximum absolute atomic E-state index is 11.2. The molecule has 0 bridgehead atoms. The van der Waals surface area contributed by atoms with Gasteiger partial charge in [-0.25, -0.2) is 4.79 Å². The minimum absolute atomic E-state index is 0.0685. The van der Waals surface area contributed by atoms with Gasteiger partial charge < -0.3 is 11.1 Å². The summed E-state index contributed by atoms with van der Waals surface area (Å²) in [5, 5.41) is 3.05. The first-order valence-corrected chi connectivity index (χ1v) is 4.45. The molecule has 1 fully saturated rings. The molecule has 0 saturated heterocycles. The Kier molecular flexibility index (Phi) is 1.83. The Morgan fingerprint density at radius 3 is 2.71 bits per heavy atom. The molecule has 0 aliphatic heterocycles. The molecule has 1 aliphatic carbocycles. The van der Waals surface area contributed by atoms with Gasteiger partial charge in [-0.3, -0.25) is 14.3 Å². The number of hydrogen-bond donors (Lipinski definition) is 3. The summed E-state index contributed by atoms with van der Waals surface area (Å²) in [7, 11) is 1.57. The van der Waals surface area contributed by atoms with Crippen LogP contribution in [0.4, 0.5) is 11.5 Å². The van der Waals surface area contributed by atoms with Crippen LogP contribution in [0.25, 0.3) is 0 Å². The van der Waals surface area contributed by atoms with E-state index in [1.165, 1.54) is 4.57 Å². The highest BCUT2D eigenvalue weighted by Crippen LogP contribution is 2.25. The molecule has 1 heterocycles. The molecule has 1 aromatic rings. The molecule has 14 heavy (non-hydrogen) atoms. The maximum atomic E-state index is 11.2. The fraction of sp³-hybridized carbons (Fsp3) is 0.500. The van der Waals surface area contributed by atoms with Crippen molar-refractivity contribution in [3.8, 4) is 0 Å².